The molecular formula is C9H19NO. The molecule has 66 valence electrons. The van der Waals surface area contributed by atoms with Crippen molar-refractivity contribution < 1.29 is 5.11 Å². The first-order valence-corrected chi connectivity index (χ1v) is 4.35. The van der Waals surface area contributed by atoms with Gasteiger partial charge in [-0.05, 0) is 24.2 Å². The zero-order valence-corrected chi connectivity index (χ0v) is 7.67. The second-order valence-corrected chi connectivity index (χ2v) is 4.77. The number of aliphatic hydroxyl groups excluding tert-OH is 1. The van der Waals surface area contributed by atoms with E-state index in [-0.39, 0.29) is 12.1 Å². The SMILES string of the molecule is CC(C)(C)[C@@H]1C[C@@H](N)[C@H](O)C1. The summed E-state index contributed by atoms with van der Waals surface area (Å²) in [5.41, 5.74) is 6.02. The summed E-state index contributed by atoms with van der Waals surface area (Å²) in [7, 11) is 0. The number of hydrogen-bond donors (Lipinski definition) is 2. The minimum Gasteiger partial charge on any atom is -0.392 e. The highest BCUT2D eigenvalue weighted by Crippen LogP contribution is 2.38. The molecule has 1 saturated carbocycles. The van der Waals surface area contributed by atoms with E-state index in [2.05, 4.69) is 20.8 Å². The van der Waals surface area contributed by atoms with Gasteiger partial charge in [-0.3, -0.25) is 0 Å². The topological polar surface area (TPSA) is 46.2 Å². The van der Waals surface area contributed by atoms with Crippen molar-refractivity contribution in [1.82, 2.24) is 0 Å². The van der Waals surface area contributed by atoms with Gasteiger partial charge in [0.1, 0.15) is 0 Å². The normalized spacial score (nSPS) is 39.5. The molecule has 0 radical (unpaired) electrons. The van der Waals surface area contributed by atoms with Crippen molar-refractivity contribution in [1.29, 1.82) is 0 Å². The van der Waals surface area contributed by atoms with Gasteiger partial charge in [-0.15, -0.1) is 0 Å². The van der Waals surface area contributed by atoms with Crippen LogP contribution in [-0.2, 0) is 0 Å². The van der Waals surface area contributed by atoms with Gasteiger partial charge in [-0.1, -0.05) is 20.8 Å². The number of hydrogen-bond acceptors (Lipinski definition) is 2. The highest BCUT2D eigenvalue weighted by molar-refractivity contribution is 4.90. The Morgan fingerprint density at radius 1 is 1.27 bits per heavy atom. The van der Waals surface area contributed by atoms with Crippen LogP contribution < -0.4 is 5.73 Å². The van der Waals surface area contributed by atoms with Crippen LogP contribution in [0.1, 0.15) is 33.6 Å². The Morgan fingerprint density at radius 2 is 1.82 bits per heavy atom. The van der Waals surface area contributed by atoms with E-state index in [1.165, 1.54) is 0 Å². The largest absolute Gasteiger partial charge is 0.392 e. The van der Waals surface area contributed by atoms with Gasteiger partial charge in [0.25, 0.3) is 0 Å². The summed E-state index contributed by atoms with van der Waals surface area (Å²) in [6.45, 7) is 6.63. The van der Waals surface area contributed by atoms with Crippen molar-refractivity contribution in [3.8, 4) is 0 Å². The molecule has 0 saturated heterocycles. The van der Waals surface area contributed by atoms with Crippen molar-refractivity contribution in [2.45, 2.75) is 45.8 Å². The molecule has 0 spiro atoms. The van der Waals surface area contributed by atoms with Crippen molar-refractivity contribution in [3.05, 3.63) is 0 Å². The molecule has 0 amide bonds. The molecule has 1 aliphatic rings. The Morgan fingerprint density at radius 3 is 2.00 bits per heavy atom. The smallest absolute Gasteiger partial charge is 0.0694 e. The van der Waals surface area contributed by atoms with Crippen molar-refractivity contribution in [2.75, 3.05) is 0 Å². The molecular weight excluding hydrogens is 138 g/mol. The number of rotatable bonds is 0. The molecule has 1 rings (SSSR count). The summed E-state index contributed by atoms with van der Waals surface area (Å²) in [5, 5.41) is 9.41. The maximum atomic E-state index is 9.41. The average Bonchev–Trinajstić information content (AvgIpc) is 2.11. The molecule has 0 bridgehead atoms. The predicted octanol–water partition coefficient (Wildman–Crippen LogP) is 1.13. The molecule has 3 atom stereocenters. The van der Waals surface area contributed by atoms with Crippen LogP contribution in [0.3, 0.4) is 0 Å². The van der Waals surface area contributed by atoms with Gasteiger partial charge in [0.2, 0.25) is 0 Å². The summed E-state index contributed by atoms with van der Waals surface area (Å²) in [5.74, 6) is 0.590. The molecule has 1 fully saturated rings. The van der Waals surface area contributed by atoms with Gasteiger partial charge < -0.3 is 10.8 Å². The zero-order valence-electron chi connectivity index (χ0n) is 7.67. The van der Waals surface area contributed by atoms with E-state index >= 15 is 0 Å². The van der Waals surface area contributed by atoms with Crippen LogP contribution in [0.2, 0.25) is 0 Å². The third-order valence-corrected chi connectivity index (χ3v) is 2.80. The predicted molar refractivity (Wildman–Crippen MR) is 46.2 cm³/mol. The fraction of sp³-hybridized carbons (Fsp3) is 1.00. The van der Waals surface area contributed by atoms with Crippen LogP contribution in [-0.4, -0.2) is 17.3 Å². The Bertz CT molecular complexity index is 129. The Balaban J connectivity index is 2.54. The minimum atomic E-state index is -0.265. The van der Waals surface area contributed by atoms with Crippen LogP contribution in [0.5, 0.6) is 0 Å². The fourth-order valence-electron chi connectivity index (χ4n) is 1.76. The quantitative estimate of drug-likeness (QED) is 0.553. The van der Waals surface area contributed by atoms with Gasteiger partial charge in [-0.2, -0.15) is 0 Å². The van der Waals surface area contributed by atoms with E-state index in [0.717, 1.165) is 12.8 Å². The molecule has 2 nitrogen and oxygen atoms in total. The standard InChI is InChI=1S/C9H19NO/c1-9(2,3)6-4-7(10)8(11)5-6/h6-8,11H,4-5,10H2,1-3H3/t6-,7-,8-/m1/s1. The van der Waals surface area contributed by atoms with Crippen LogP contribution in [0.15, 0.2) is 0 Å². The third-order valence-electron chi connectivity index (χ3n) is 2.80. The molecule has 0 aromatic carbocycles. The summed E-state index contributed by atoms with van der Waals surface area (Å²) >= 11 is 0. The zero-order chi connectivity index (χ0) is 8.65. The van der Waals surface area contributed by atoms with E-state index in [9.17, 15) is 5.11 Å². The van der Waals surface area contributed by atoms with Crippen LogP contribution in [0, 0.1) is 11.3 Å². The Hall–Kier alpha value is -0.0800. The first-order chi connectivity index (χ1) is 4.91. The van der Waals surface area contributed by atoms with Crippen LogP contribution >= 0.6 is 0 Å². The molecule has 0 unspecified atom stereocenters. The summed E-state index contributed by atoms with van der Waals surface area (Å²) in [6, 6.07) is 0.0132. The lowest BCUT2D eigenvalue weighted by atomic mass is 9.79. The first-order valence-electron chi connectivity index (χ1n) is 4.35. The molecule has 1 aliphatic carbocycles. The van der Waals surface area contributed by atoms with Gasteiger partial charge in [0.15, 0.2) is 0 Å². The van der Waals surface area contributed by atoms with Gasteiger partial charge >= 0.3 is 0 Å². The van der Waals surface area contributed by atoms with Gasteiger partial charge in [0.05, 0.1) is 6.10 Å². The maximum absolute atomic E-state index is 9.41. The van der Waals surface area contributed by atoms with Crippen LogP contribution in [0.25, 0.3) is 0 Å². The Kier molecular flexibility index (Phi) is 2.26. The number of nitrogens with two attached hydrogens (primary N) is 1. The molecule has 0 aliphatic heterocycles. The second-order valence-electron chi connectivity index (χ2n) is 4.77. The van der Waals surface area contributed by atoms with Crippen molar-refractivity contribution in [2.24, 2.45) is 17.1 Å². The van der Waals surface area contributed by atoms with Crippen molar-refractivity contribution >= 4 is 0 Å². The summed E-state index contributed by atoms with van der Waals surface area (Å²) < 4.78 is 0. The number of aliphatic hydroxyl groups is 1. The van der Waals surface area contributed by atoms with Crippen molar-refractivity contribution in [3.63, 3.8) is 0 Å². The van der Waals surface area contributed by atoms with Gasteiger partial charge in [0, 0.05) is 6.04 Å². The lowest BCUT2D eigenvalue weighted by Gasteiger charge is -2.26. The Labute approximate surface area is 68.8 Å². The molecule has 11 heavy (non-hydrogen) atoms. The van der Waals surface area contributed by atoms with E-state index in [0.29, 0.717) is 11.3 Å². The molecule has 0 aromatic rings. The van der Waals surface area contributed by atoms with E-state index in [1.807, 2.05) is 0 Å². The highest BCUT2D eigenvalue weighted by atomic mass is 16.3. The monoisotopic (exact) mass is 157 g/mol. The molecule has 0 aromatic heterocycles. The van der Waals surface area contributed by atoms with E-state index in [1.54, 1.807) is 0 Å². The van der Waals surface area contributed by atoms with Crippen LogP contribution in [0.4, 0.5) is 0 Å². The second kappa shape index (κ2) is 2.76. The molecule has 3 N–H and O–H groups in total. The van der Waals surface area contributed by atoms with E-state index < -0.39 is 0 Å². The van der Waals surface area contributed by atoms with Gasteiger partial charge in [-0.25, -0.2) is 0 Å². The molecule has 2 heteroatoms. The summed E-state index contributed by atoms with van der Waals surface area (Å²) in [6.07, 6.45) is 1.59. The molecule has 0 heterocycles. The summed E-state index contributed by atoms with van der Waals surface area (Å²) in [4.78, 5) is 0. The lowest BCUT2D eigenvalue weighted by molar-refractivity contribution is 0.148. The highest BCUT2D eigenvalue weighted by Gasteiger charge is 2.36. The van der Waals surface area contributed by atoms with E-state index in [4.69, 9.17) is 5.73 Å². The minimum absolute atomic E-state index is 0.0132. The maximum Gasteiger partial charge on any atom is 0.0694 e. The fourth-order valence-corrected chi connectivity index (χ4v) is 1.76. The third kappa shape index (κ3) is 1.94. The average molecular weight is 157 g/mol. The lowest BCUT2D eigenvalue weighted by Crippen LogP contribution is -2.28. The first kappa shape index (κ1) is 9.01.